The van der Waals surface area contributed by atoms with E-state index in [2.05, 4.69) is 21.2 Å². The first-order valence-electron chi connectivity index (χ1n) is 5.73. The highest BCUT2D eigenvalue weighted by Crippen LogP contribution is 2.00. The van der Waals surface area contributed by atoms with Gasteiger partial charge in [-0.25, -0.2) is 4.39 Å². The van der Waals surface area contributed by atoms with Crippen LogP contribution in [0.5, 0.6) is 0 Å². The number of nitrogens with one attached hydrogen (secondary N) is 3. The van der Waals surface area contributed by atoms with Crippen LogP contribution in [0.1, 0.15) is 18.9 Å². The Bertz CT molecular complexity index is 446. The molecule has 1 aliphatic heterocycles. The quantitative estimate of drug-likeness (QED) is 0.541. The van der Waals surface area contributed by atoms with Gasteiger partial charge in [0, 0.05) is 12.5 Å². The average molecular weight is 250 g/mol. The molecule has 1 aromatic carbocycles. The number of carbonyl (C=O) groups is 1. The fourth-order valence-corrected chi connectivity index (χ4v) is 1.69. The Kier molecular flexibility index (Phi) is 3.88. The zero-order chi connectivity index (χ0) is 13.0. The molecule has 6 heteroatoms. The van der Waals surface area contributed by atoms with Crippen molar-refractivity contribution in [3.05, 3.63) is 35.6 Å². The zero-order valence-electron chi connectivity index (χ0n) is 9.98. The highest BCUT2D eigenvalue weighted by Gasteiger charge is 2.21. The Labute approximate surface area is 104 Å². The molecule has 5 nitrogen and oxygen atoms in total. The lowest BCUT2D eigenvalue weighted by molar-refractivity contribution is -0.124. The van der Waals surface area contributed by atoms with Crippen LogP contribution in [0.3, 0.4) is 0 Å². The van der Waals surface area contributed by atoms with Crippen LogP contribution in [0.2, 0.25) is 0 Å². The number of amides is 1. The summed E-state index contributed by atoms with van der Waals surface area (Å²) in [6.07, 6.45) is 1.64. The van der Waals surface area contributed by atoms with E-state index in [0.717, 1.165) is 5.56 Å². The largest absolute Gasteiger partial charge is 0.322 e. The van der Waals surface area contributed by atoms with Crippen molar-refractivity contribution in [3.8, 4) is 0 Å². The molecule has 1 aliphatic rings. The third-order valence-electron chi connectivity index (χ3n) is 2.54. The van der Waals surface area contributed by atoms with Gasteiger partial charge < -0.3 is 5.32 Å². The lowest BCUT2D eigenvalue weighted by Crippen LogP contribution is -2.60. The molecular formula is C12H15FN4O. The van der Waals surface area contributed by atoms with Gasteiger partial charge in [0.15, 0.2) is 6.29 Å². The molecule has 0 bridgehead atoms. The molecule has 0 saturated carbocycles. The van der Waals surface area contributed by atoms with Crippen molar-refractivity contribution in [2.75, 3.05) is 0 Å². The van der Waals surface area contributed by atoms with E-state index >= 15 is 0 Å². The first-order valence-corrected chi connectivity index (χ1v) is 5.73. The summed E-state index contributed by atoms with van der Waals surface area (Å²) in [5, 5.41) is 9.82. The Morgan fingerprint density at radius 3 is 2.83 bits per heavy atom. The molecule has 1 heterocycles. The minimum atomic E-state index is -0.377. The van der Waals surface area contributed by atoms with Crippen LogP contribution < -0.4 is 16.1 Å². The van der Waals surface area contributed by atoms with Crippen LogP contribution in [0.4, 0.5) is 4.39 Å². The molecule has 2 atom stereocenters. The van der Waals surface area contributed by atoms with E-state index in [1.54, 1.807) is 18.3 Å². The van der Waals surface area contributed by atoms with E-state index in [1.165, 1.54) is 12.1 Å². The maximum absolute atomic E-state index is 12.7. The van der Waals surface area contributed by atoms with Crippen LogP contribution in [-0.4, -0.2) is 24.5 Å². The maximum atomic E-state index is 12.7. The SMILES string of the molecule is CC1CC(=O)NC(N/N=C/c2ccc(F)cc2)N1. The van der Waals surface area contributed by atoms with Crippen LogP contribution in [0.25, 0.3) is 0 Å². The predicted octanol–water partition coefficient (Wildman–Crippen LogP) is 0.531. The lowest BCUT2D eigenvalue weighted by Gasteiger charge is -2.28. The van der Waals surface area contributed by atoms with E-state index in [1.807, 2.05) is 6.92 Å². The summed E-state index contributed by atoms with van der Waals surface area (Å²) in [4.78, 5) is 11.3. The van der Waals surface area contributed by atoms with Gasteiger partial charge in [-0.05, 0) is 24.6 Å². The summed E-state index contributed by atoms with van der Waals surface area (Å²) in [6.45, 7) is 1.93. The summed E-state index contributed by atoms with van der Waals surface area (Å²) < 4.78 is 12.7. The number of halogens is 1. The normalized spacial score (nSPS) is 24.0. The maximum Gasteiger partial charge on any atom is 0.224 e. The zero-order valence-corrected chi connectivity index (χ0v) is 9.98. The minimum absolute atomic E-state index is 0.0178. The third kappa shape index (κ3) is 3.53. The van der Waals surface area contributed by atoms with E-state index in [0.29, 0.717) is 6.42 Å². The molecule has 1 fully saturated rings. The molecule has 0 spiro atoms. The number of hydrogen-bond donors (Lipinski definition) is 3. The summed E-state index contributed by atoms with van der Waals surface area (Å²) in [5.74, 6) is -0.300. The Balaban J connectivity index is 1.87. The third-order valence-corrected chi connectivity index (χ3v) is 2.54. The van der Waals surface area contributed by atoms with E-state index < -0.39 is 0 Å². The Morgan fingerprint density at radius 1 is 1.44 bits per heavy atom. The van der Waals surface area contributed by atoms with Gasteiger partial charge in [-0.3, -0.25) is 15.5 Å². The van der Waals surface area contributed by atoms with Crippen molar-refractivity contribution >= 4 is 12.1 Å². The van der Waals surface area contributed by atoms with Crippen molar-refractivity contribution in [3.63, 3.8) is 0 Å². The van der Waals surface area contributed by atoms with Gasteiger partial charge >= 0.3 is 0 Å². The predicted molar refractivity (Wildman–Crippen MR) is 66.3 cm³/mol. The van der Waals surface area contributed by atoms with Gasteiger partial charge in [0.1, 0.15) is 5.82 Å². The molecule has 0 radical (unpaired) electrons. The van der Waals surface area contributed by atoms with Gasteiger partial charge in [0.25, 0.3) is 0 Å². The topological polar surface area (TPSA) is 65.5 Å². The van der Waals surface area contributed by atoms with Crippen molar-refractivity contribution in [2.24, 2.45) is 5.10 Å². The van der Waals surface area contributed by atoms with Gasteiger partial charge in [0.2, 0.25) is 5.91 Å². The van der Waals surface area contributed by atoms with Crippen LogP contribution in [0, 0.1) is 5.82 Å². The number of rotatable bonds is 3. The summed E-state index contributed by atoms with van der Waals surface area (Å²) in [7, 11) is 0. The molecule has 2 unspecified atom stereocenters. The van der Waals surface area contributed by atoms with Crippen LogP contribution in [0.15, 0.2) is 29.4 Å². The molecule has 1 aromatic rings. The number of benzene rings is 1. The van der Waals surface area contributed by atoms with Gasteiger partial charge in [-0.2, -0.15) is 5.10 Å². The molecular weight excluding hydrogens is 235 g/mol. The second-order valence-corrected chi connectivity index (χ2v) is 4.21. The fraction of sp³-hybridized carbons (Fsp3) is 0.333. The highest BCUT2D eigenvalue weighted by molar-refractivity contribution is 5.79. The van der Waals surface area contributed by atoms with Crippen molar-refractivity contribution in [1.29, 1.82) is 0 Å². The Morgan fingerprint density at radius 2 is 2.17 bits per heavy atom. The minimum Gasteiger partial charge on any atom is -0.322 e. The average Bonchev–Trinajstić information content (AvgIpc) is 2.30. The monoisotopic (exact) mass is 250 g/mol. The molecule has 2 rings (SSSR count). The molecule has 1 amide bonds. The molecule has 96 valence electrons. The van der Waals surface area contributed by atoms with Crippen molar-refractivity contribution in [2.45, 2.75) is 25.7 Å². The second kappa shape index (κ2) is 5.59. The first-order chi connectivity index (χ1) is 8.63. The number of carbonyl (C=O) groups excluding carboxylic acids is 1. The van der Waals surface area contributed by atoms with Crippen molar-refractivity contribution < 1.29 is 9.18 Å². The van der Waals surface area contributed by atoms with Crippen LogP contribution >= 0.6 is 0 Å². The molecule has 0 aromatic heterocycles. The first kappa shape index (κ1) is 12.5. The summed E-state index contributed by atoms with van der Waals surface area (Å²) in [6, 6.07) is 6.08. The van der Waals surface area contributed by atoms with Gasteiger partial charge in [0.05, 0.1) is 6.21 Å². The summed E-state index contributed by atoms with van der Waals surface area (Å²) >= 11 is 0. The van der Waals surface area contributed by atoms with Crippen LogP contribution in [-0.2, 0) is 4.79 Å². The van der Waals surface area contributed by atoms with E-state index in [-0.39, 0.29) is 24.1 Å². The molecule has 18 heavy (non-hydrogen) atoms. The molecule has 0 aliphatic carbocycles. The number of hydrogen-bond acceptors (Lipinski definition) is 4. The lowest BCUT2D eigenvalue weighted by atomic mass is 10.2. The summed E-state index contributed by atoms with van der Waals surface area (Å²) in [5.41, 5.74) is 3.56. The van der Waals surface area contributed by atoms with E-state index in [4.69, 9.17) is 0 Å². The smallest absolute Gasteiger partial charge is 0.224 e. The second-order valence-electron chi connectivity index (χ2n) is 4.21. The number of hydrazone groups is 1. The number of nitrogens with zero attached hydrogens (tertiary/aromatic N) is 1. The highest BCUT2D eigenvalue weighted by atomic mass is 19.1. The van der Waals surface area contributed by atoms with Crippen molar-refractivity contribution in [1.82, 2.24) is 16.1 Å². The van der Waals surface area contributed by atoms with Gasteiger partial charge in [-0.1, -0.05) is 12.1 Å². The molecule has 1 saturated heterocycles. The standard InChI is InChI=1S/C12H15FN4O/c1-8-6-11(18)16-12(15-8)17-14-7-9-2-4-10(13)5-3-9/h2-5,7-8,12,15,17H,6H2,1H3,(H,16,18)/b14-7+. The fourth-order valence-electron chi connectivity index (χ4n) is 1.69. The van der Waals surface area contributed by atoms with Gasteiger partial charge in [-0.15, -0.1) is 0 Å². The van der Waals surface area contributed by atoms with E-state index in [9.17, 15) is 9.18 Å². The Hall–Kier alpha value is -1.95. The molecule has 3 N–H and O–H groups in total.